The van der Waals surface area contributed by atoms with Gasteiger partial charge in [-0.3, -0.25) is 63.4 Å². The van der Waals surface area contributed by atoms with Crippen LogP contribution in [0.4, 0.5) is 10.2 Å². The molecule has 44 heteroatoms. The summed E-state index contributed by atoms with van der Waals surface area (Å²) in [6.45, 7) is 6.46. The monoisotopic (exact) mass is 1810 g/mol. The second-order valence-corrected chi connectivity index (χ2v) is 32.4. The third-order valence-electron chi connectivity index (χ3n) is 21.5. The van der Waals surface area contributed by atoms with E-state index in [1.165, 1.54) is 49.0 Å². The average Bonchev–Trinajstić information content (AvgIpc) is 0.764. The van der Waals surface area contributed by atoms with E-state index >= 15 is 24.0 Å². The van der Waals surface area contributed by atoms with Crippen LogP contribution in [0.25, 0.3) is 11.1 Å². The summed E-state index contributed by atoms with van der Waals surface area (Å²) >= 11 is 20.1. The van der Waals surface area contributed by atoms with Crippen molar-refractivity contribution in [1.82, 2.24) is 62.9 Å². The first-order valence-corrected chi connectivity index (χ1v) is 40.4. The van der Waals surface area contributed by atoms with Gasteiger partial charge in [-0.1, -0.05) is 72.9 Å². The molecule has 18 atom stereocenters. The lowest BCUT2D eigenvalue weighted by Crippen LogP contribution is -2.65. The number of phenolic OH excluding ortho intramolecular Hbond substituents is 3. The van der Waals surface area contributed by atoms with Crippen molar-refractivity contribution in [3.63, 3.8) is 0 Å². The Labute approximate surface area is 730 Å². The van der Waals surface area contributed by atoms with E-state index in [4.69, 9.17) is 69.0 Å². The molecule has 14 rings (SSSR count). The van der Waals surface area contributed by atoms with Crippen LogP contribution >= 0.6 is 34.8 Å². The number of hydrogen-bond acceptors (Lipinski definition) is 29. The highest BCUT2D eigenvalue weighted by atomic mass is 35.5. The molecule has 2 fully saturated rings. The zero-order chi connectivity index (χ0) is 91.4. The maximum absolute atomic E-state index is 16.3. The molecular weight excluding hydrogens is 1720 g/mol. The number of fused-ring (bicyclic) bond motifs is 15. The highest BCUT2D eigenvalue weighted by Crippen LogP contribution is 2.50. The Balaban J connectivity index is 1.000. The van der Waals surface area contributed by atoms with E-state index in [9.17, 15) is 79.1 Å². The Morgan fingerprint density at radius 2 is 1.37 bits per heavy atom. The van der Waals surface area contributed by atoms with Gasteiger partial charge in [-0.15, -0.1) is 0 Å². The number of hydrogen-bond donors (Lipinski definition) is 21. The number of rotatable bonds is 20. The number of anilines is 1. The highest BCUT2D eigenvalue weighted by molar-refractivity contribution is 6.32. The predicted molar refractivity (Wildman–Crippen MR) is 440 cm³/mol. The summed E-state index contributed by atoms with van der Waals surface area (Å²) in [4.78, 5) is 162. The summed E-state index contributed by atoms with van der Waals surface area (Å²) in [6, 6.07) is 4.13. The van der Waals surface area contributed by atoms with Gasteiger partial charge in [0, 0.05) is 55.4 Å². The molecule has 40 nitrogen and oxygen atoms in total. The summed E-state index contributed by atoms with van der Waals surface area (Å²) in [5.74, 6) is -18.3. The number of aromatic nitrogens is 2. The van der Waals surface area contributed by atoms with E-state index in [-0.39, 0.29) is 65.8 Å². The molecule has 7 aromatic rings. The molecule has 0 saturated carbocycles. The van der Waals surface area contributed by atoms with Crippen LogP contribution in [-0.2, 0) is 75.1 Å². The van der Waals surface area contributed by atoms with E-state index in [0.717, 1.165) is 85.8 Å². The van der Waals surface area contributed by atoms with Gasteiger partial charge in [-0.2, -0.15) is 4.98 Å². The number of halogens is 4. The smallest absolute Gasteiger partial charge is 0.349 e. The Morgan fingerprint density at radius 3 is 1.99 bits per heavy atom. The van der Waals surface area contributed by atoms with Crippen LogP contribution in [0.15, 0.2) is 114 Å². The van der Waals surface area contributed by atoms with Crippen LogP contribution in [0.3, 0.4) is 0 Å². The van der Waals surface area contributed by atoms with E-state index in [0.29, 0.717) is 5.56 Å². The second kappa shape index (κ2) is 39.3. The van der Waals surface area contributed by atoms with Gasteiger partial charge < -0.3 is 128 Å². The molecule has 1 aromatic heterocycles. The van der Waals surface area contributed by atoms with Gasteiger partial charge in [-0.05, 0) is 139 Å². The van der Waals surface area contributed by atoms with Gasteiger partial charge in [0.25, 0.3) is 5.91 Å². The fourth-order valence-electron chi connectivity index (χ4n) is 15.0. The van der Waals surface area contributed by atoms with E-state index < -0.39 is 271 Å². The van der Waals surface area contributed by atoms with Crippen molar-refractivity contribution in [2.45, 2.75) is 176 Å². The highest BCUT2D eigenvalue weighted by Gasteiger charge is 2.52. The molecule has 7 aliphatic rings. The van der Waals surface area contributed by atoms with E-state index in [1.54, 1.807) is 20.8 Å². The molecule has 8 heterocycles. The molecule has 2 saturated heterocycles. The fraction of sp³-hybridized carbons (Fsp3) is 0.390. The topological polar surface area (TPSA) is 601 Å². The average molecular weight is 1810 g/mol. The Bertz CT molecular complexity index is 5470. The van der Waals surface area contributed by atoms with Crippen molar-refractivity contribution < 1.29 is 127 Å². The first-order chi connectivity index (χ1) is 59.7. The number of amides is 10. The molecule has 0 unspecified atom stereocenters. The number of likely N-dealkylation sites (N-methyl/N-ethyl adjacent to an activating group) is 1. The number of nitrogens with two attached hydrogens (primary N) is 1. The van der Waals surface area contributed by atoms with Crippen molar-refractivity contribution in [2.24, 2.45) is 11.7 Å². The van der Waals surface area contributed by atoms with Crippen LogP contribution in [-0.4, -0.2) is 214 Å². The van der Waals surface area contributed by atoms with Gasteiger partial charge >= 0.3 is 5.69 Å². The van der Waals surface area contributed by atoms with Gasteiger partial charge in [0.05, 0.1) is 52.8 Å². The summed E-state index contributed by atoms with van der Waals surface area (Å²) in [7, 11) is 1.46. The molecule has 11 bridgehead atoms. The number of nitrogens with zero attached hydrogens (tertiary/aromatic N) is 2. The van der Waals surface area contributed by atoms with Crippen LogP contribution < -0.4 is 84.3 Å². The van der Waals surface area contributed by atoms with Gasteiger partial charge in [0.1, 0.15) is 107 Å². The Morgan fingerprint density at radius 1 is 0.714 bits per heavy atom. The molecular formula is C82H90Cl3FN14O26. The molecule has 0 aliphatic carbocycles. The van der Waals surface area contributed by atoms with Crippen molar-refractivity contribution in [2.75, 3.05) is 25.5 Å². The molecule has 6 aromatic carbocycles. The number of hydrazine groups is 1. The maximum atomic E-state index is 16.3. The summed E-state index contributed by atoms with van der Waals surface area (Å²) in [6.07, 6.45) is -18.7. The first kappa shape index (κ1) is 93.2. The van der Waals surface area contributed by atoms with Crippen molar-refractivity contribution >= 4 is 99.7 Å². The predicted octanol–water partition coefficient (Wildman–Crippen LogP) is 1.05. The van der Waals surface area contributed by atoms with Crippen LogP contribution in [0.2, 0.25) is 15.1 Å². The van der Waals surface area contributed by atoms with Crippen LogP contribution in [0.1, 0.15) is 118 Å². The minimum Gasteiger partial charge on any atom is -0.508 e. The number of aliphatic hydroxyl groups excluding tert-OH is 6. The largest absolute Gasteiger partial charge is 0.508 e. The first-order valence-electron chi connectivity index (χ1n) is 39.3. The molecule has 0 radical (unpaired) electrons. The molecule has 22 N–H and O–H groups in total. The van der Waals surface area contributed by atoms with Crippen molar-refractivity contribution in [1.29, 1.82) is 0 Å². The SMILES string of the molecule is CN[C@H](CC(C)C)C(=O)N[C@H]1C(=O)N[C@@H](CC(N)=O)C(=O)N[C@H]2C(=O)N[C@H]3C(=O)N[C@H](C(=O)N[C@@H](C(=O)NNC(C)=O)c4cc(O)cc(O)c4-c4cc3ccc4O)[C@H](O)c3ccc(c(Cl)c3)Oc3cc2cc(c3O[C@@H]2O[C@H](CO)[C@@H](O)[C@H](O)[C@H]2O[C@H]2C[C@](C)(NCCn3ccc(NC(=O)Cc4ccc(Cl)c(F)c4)nc3=O)[C@H](O)[C@H](C)O2)Oc2ccc(cc2Cl)[C@H]1O. The fourth-order valence-corrected chi connectivity index (χ4v) is 15.6. The molecule has 7 aliphatic heterocycles. The Kier molecular flexibility index (Phi) is 29.1. The molecule has 0 spiro atoms. The lowest BCUT2D eigenvalue weighted by atomic mass is 9.85. The number of nitrogens with one attached hydrogen (secondary N) is 11. The van der Waals surface area contributed by atoms with Crippen LogP contribution in [0.5, 0.6) is 46.0 Å². The zero-order valence-corrected chi connectivity index (χ0v) is 70.0. The van der Waals surface area contributed by atoms with Gasteiger partial charge in [0.15, 0.2) is 23.9 Å². The second-order valence-electron chi connectivity index (χ2n) is 31.1. The number of ether oxygens (including phenoxy) is 6. The van der Waals surface area contributed by atoms with E-state index in [2.05, 4.69) is 63.7 Å². The summed E-state index contributed by atoms with van der Waals surface area (Å²) in [5, 5.41) is 129. The minimum absolute atomic E-state index is 0.0692. The van der Waals surface area contributed by atoms with E-state index in [1.807, 2.05) is 0 Å². The summed E-state index contributed by atoms with van der Waals surface area (Å²) in [5.41, 5.74) is 5.04. The van der Waals surface area contributed by atoms with Gasteiger partial charge in [-0.25, -0.2) is 9.18 Å². The molecule has 126 heavy (non-hydrogen) atoms. The number of benzene rings is 6. The van der Waals surface area contributed by atoms with Crippen LogP contribution in [0, 0.1) is 11.7 Å². The van der Waals surface area contributed by atoms with Gasteiger partial charge in [0.2, 0.25) is 65.2 Å². The standard InChI is InChI=1S/C82H90Cl3FN14O26/c1-32(2)19-47(88-6)73(113)96-64-66(108)37-9-13-51(44(84)23-37)122-53-25-39-26-54(70(53)126-80-71(69(111)68(110)55(31-101)124-80)125-59-30-82(5,72(112)33(3)121-59)89-16-18-100-17-15-57(92-81(100)120)91-58(107)21-35-7-11-43(83)46(86)20-35)123-52-14-10-38(24-45(52)85)67(109)65-78(118)95-63(79(119)99-98-34(4)102)42-27-40(103)28-50(105)60(42)41-22-36(8-12-49(41)104)61(75(115)97-65)94-76(116)62(39)93-74(114)48(29-56(87)106)90-77(64)117/h7-15,17,20,22-28,32-33,47-48,55,59,61-69,71-72,80,88-89,101,103-105,108-112H,16,18-19,21,29-31H2,1-6H3,(H2,87,106)(H,90,117)(H,93,114)(H,94,116)(H,95,118)(H,96,113)(H,97,115)(H,98,102)(H,99,119)(H,91,92,107,120)/t33-,47+,48-,55+,59-,61+,62+,63+,64+,65-,66+,67+,68+,69-,71+,72+,80-,82-/m0/s1. The third kappa shape index (κ3) is 21.1. The number of carbonyl (C=O) groups excluding carboxylic acids is 10. The number of phenols is 3. The maximum Gasteiger partial charge on any atom is 0.349 e. The molecule has 10 amide bonds. The lowest BCUT2D eigenvalue weighted by Gasteiger charge is -2.48. The summed E-state index contributed by atoms with van der Waals surface area (Å²) < 4.78 is 54.6. The number of carbonyl (C=O) groups is 10. The molecule has 672 valence electrons. The third-order valence-corrected chi connectivity index (χ3v) is 22.4. The number of primary amides is 1. The van der Waals surface area contributed by atoms with Crippen molar-refractivity contribution in [3.05, 3.63) is 174 Å². The quantitative estimate of drug-likeness (QED) is 0.0474. The normalized spacial score (nSPS) is 25.8. The lowest BCUT2D eigenvalue weighted by molar-refractivity contribution is -0.334. The van der Waals surface area contributed by atoms with Crippen molar-refractivity contribution in [3.8, 4) is 57.1 Å². The Hall–Kier alpha value is -11.9. The number of aromatic hydroxyl groups is 3. The minimum atomic E-state index is -2.42. The number of aliphatic hydroxyl groups is 6. The zero-order valence-electron chi connectivity index (χ0n) is 67.7.